The quantitative estimate of drug-likeness (QED) is 0.684. The number of hydrogen-bond acceptors (Lipinski definition) is 4. The van der Waals surface area contributed by atoms with Crippen LogP contribution < -0.4 is 10.6 Å². The first kappa shape index (κ1) is 14.5. The number of benzene rings is 2. The number of rotatable bonds is 4. The van der Waals surface area contributed by atoms with E-state index in [1.54, 1.807) is 60.7 Å². The fraction of sp³-hybridized carbons (Fsp3) is 0.133. The number of aliphatic hydroxyl groups excluding tert-OH is 1. The first-order chi connectivity index (χ1) is 9.60. The number of carbonyl (C=O) groups is 1. The fourth-order valence-corrected chi connectivity index (χ4v) is 4.48. The van der Waals surface area contributed by atoms with Crippen molar-refractivity contribution in [2.24, 2.45) is 0 Å². The Labute approximate surface area is 117 Å². The standard InChI is InChI=1S/C15H15O4P/c1-19-14(16)15(17)20(18,12-8-4-2-5-9-12)13-10-6-3-7-11-13/h2-11,15,17H,1H3/t15-/m0/s1. The lowest BCUT2D eigenvalue weighted by molar-refractivity contribution is -0.146. The molecule has 5 heteroatoms. The Kier molecular flexibility index (Phi) is 4.38. The molecule has 0 radical (unpaired) electrons. The summed E-state index contributed by atoms with van der Waals surface area (Å²) in [6.45, 7) is 0. The summed E-state index contributed by atoms with van der Waals surface area (Å²) in [6.07, 6.45) is 0. The molecule has 104 valence electrons. The van der Waals surface area contributed by atoms with Gasteiger partial charge in [-0.1, -0.05) is 60.7 Å². The maximum absolute atomic E-state index is 13.4. The number of aliphatic hydroxyl groups is 1. The van der Waals surface area contributed by atoms with Crippen LogP contribution >= 0.6 is 7.14 Å². The molecule has 1 N–H and O–H groups in total. The molecule has 0 heterocycles. The average Bonchev–Trinajstić information content (AvgIpc) is 2.54. The zero-order chi connectivity index (χ0) is 14.6. The monoisotopic (exact) mass is 290 g/mol. The molecule has 0 bridgehead atoms. The first-order valence-corrected chi connectivity index (χ1v) is 7.85. The number of methoxy groups -OCH3 is 1. The SMILES string of the molecule is COC(=O)[C@@H](O)P(=O)(c1ccccc1)c1ccccc1. The highest BCUT2D eigenvalue weighted by molar-refractivity contribution is 7.79. The molecule has 20 heavy (non-hydrogen) atoms. The van der Waals surface area contributed by atoms with Gasteiger partial charge >= 0.3 is 5.97 Å². The summed E-state index contributed by atoms with van der Waals surface area (Å²) in [5.74, 6) is -2.61. The maximum atomic E-state index is 13.4. The van der Waals surface area contributed by atoms with Gasteiger partial charge in [-0.05, 0) is 0 Å². The molecule has 1 atom stereocenters. The molecule has 2 rings (SSSR count). The molecule has 4 nitrogen and oxygen atoms in total. The Morgan fingerprint density at radius 3 is 1.75 bits per heavy atom. The zero-order valence-electron chi connectivity index (χ0n) is 11.0. The molecule has 0 aromatic heterocycles. The summed E-state index contributed by atoms with van der Waals surface area (Å²) in [4.78, 5) is 11.7. The molecule has 0 spiro atoms. The Morgan fingerprint density at radius 1 is 1.00 bits per heavy atom. The van der Waals surface area contributed by atoms with Crippen LogP contribution in [0.15, 0.2) is 60.7 Å². The molecule has 2 aromatic rings. The lowest BCUT2D eigenvalue weighted by atomic mass is 10.4. The third kappa shape index (κ3) is 2.53. The lowest BCUT2D eigenvalue weighted by Crippen LogP contribution is -2.32. The van der Waals surface area contributed by atoms with E-state index in [-0.39, 0.29) is 0 Å². The molecule has 0 fully saturated rings. The molecule has 0 aliphatic carbocycles. The van der Waals surface area contributed by atoms with Crippen LogP contribution in [0.1, 0.15) is 0 Å². The van der Waals surface area contributed by atoms with Crippen LogP contribution in [0.25, 0.3) is 0 Å². The Morgan fingerprint density at radius 2 is 1.40 bits per heavy atom. The van der Waals surface area contributed by atoms with Crippen molar-refractivity contribution in [2.45, 2.75) is 5.85 Å². The van der Waals surface area contributed by atoms with Crippen molar-refractivity contribution in [2.75, 3.05) is 7.11 Å². The molecule has 2 aromatic carbocycles. The summed E-state index contributed by atoms with van der Waals surface area (Å²) in [5, 5.41) is 11.0. The van der Waals surface area contributed by atoms with Crippen LogP contribution in [0.5, 0.6) is 0 Å². The van der Waals surface area contributed by atoms with Gasteiger partial charge in [0.1, 0.15) is 0 Å². The zero-order valence-corrected chi connectivity index (χ0v) is 11.9. The maximum Gasteiger partial charge on any atom is 0.343 e. The third-order valence-electron chi connectivity index (χ3n) is 3.04. The molecule has 0 amide bonds. The van der Waals surface area contributed by atoms with E-state index in [9.17, 15) is 14.5 Å². The van der Waals surface area contributed by atoms with Crippen LogP contribution in [0, 0.1) is 0 Å². The van der Waals surface area contributed by atoms with E-state index in [0.717, 1.165) is 7.11 Å². The van der Waals surface area contributed by atoms with Crippen molar-refractivity contribution in [1.29, 1.82) is 0 Å². The van der Waals surface area contributed by atoms with Crippen molar-refractivity contribution in [3.63, 3.8) is 0 Å². The highest BCUT2D eigenvalue weighted by atomic mass is 31.2. The predicted molar refractivity (Wildman–Crippen MR) is 77.8 cm³/mol. The average molecular weight is 290 g/mol. The topological polar surface area (TPSA) is 63.6 Å². The van der Waals surface area contributed by atoms with Gasteiger partial charge in [0.2, 0.25) is 5.85 Å². The van der Waals surface area contributed by atoms with Gasteiger partial charge in [-0.2, -0.15) is 0 Å². The second-order valence-corrected chi connectivity index (χ2v) is 7.06. The van der Waals surface area contributed by atoms with E-state index in [1.807, 2.05) is 0 Å². The second-order valence-electron chi connectivity index (χ2n) is 4.23. The van der Waals surface area contributed by atoms with Crippen LogP contribution in [0.4, 0.5) is 0 Å². The molecule has 0 aliphatic rings. The van der Waals surface area contributed by atoms with Crippen molar-refractivity contribution < 1.29 is 19.2 Å². The van der Waals surface area contributed by atoms with Crippen molar-refractivity contribution in [3.8, 4) is 0 Å². The lowest BCUT2D eigenvalue weighted by Gasteiger charge is -2.22. The van der Waals surface area contributed by atoms with Gasteiger partial charge in [0.15, 0.2) is 7.14 Å². The normalized spacial score (nSPS) is 12.7. The van der Waals surface area contributed by atoms with E-state index in [1.165, 1.54) is 0 Å². The van der Waals surface area contributed by atoms with Gasteiger partial charge in [-0.3, -0.25) is 0 Å². The Hall–Kier alpha value is -1.90. The van der Waals surface area contributed by atoms with Gasteiger partial charge in [0, 0.05) is 10.6 Å². The highest BCUT2D eigenvalue weighted by Crippen LogP contribution is 2.47. The van der Waals surface area contributed by atoms with Gasteiger partial charge in [-0.25, -0.2) is 4.79 Å². The minimum absolute atomic E-state index is 0.420. The first-order valence-electron chi connectivity index (χ1n) is 6.07. The molecule has 0 aliphatic heterocycles. The van der Waals surface area contributed by atoms with E-state index in [0.29, 0.717) is 10.6 Å². The summed E-state index contributed by atoms with van der Waals surface area (Å²) in [7, 11) is -2.35. The predicted octanol–water partition coefficient (Wildman–Crippen LogP) is 1.49. The minimum atomic E-state index is -3.51. The number of carbonyl (C=O) groups excluding carboxylic acids is 1. The molecular formula is C15H15O4P. The van der Waals surface area contributed by atoms with Crippen LogP contribution in [0.2, 0.25) is 0 Å². The van der Waals surface area contributed by atoms with Gasteiger partial charge < -0.3 is 14.4 Å². The summed E-state index contributed by atoms with van der Waals surface area (Å²) >= 11 is 0. The minimum Gasteiger partial charge on any atom is -0.467 e. The fourth-order valence-electron chi connectivity index (χ4n) is 1.98. The highest BCUT2D eigenvalue weighted by Gasteiger charge is 2.40. The van der Waals surface area contributed by atoms with Gasteiger partial charge in [0.05, 0.1) is 7.11 Å². The summed E-state index contributed by atoms with van der Waals surface area (Å²) in [6, 6.07) is 17.0. The van der Waals surface area contributed by atoms with Crippen LogP contribution in [0.3, 0.4) is 0 Å². The van der Waals surface area contributed by atoms with Crippen molar-refractivity contribution in [3.05, 3.63) is 60.7 Å². The van der Waals surface area contributed by atoms with Crippen LogP contribution in [-0.2, 0) is 14.1 Å². The Balaban J connectivity index is 2.61. The summed E-state index contributed by atoms with van der Waals surface area (Å²) < 4.78 is 17.9. The molecule has 0 saturated heterocycles. The van der Waals surface area contributed by atoms with Gasteiger partial charge in [-0.15, -0.1) is 0 Å². The Bertz CT molecular complexity index is 581. The van der Waals surface area contributed by atoms with E-state index in [4.69, 9.17) is 0 Å². The van der Waals surface area contributed by atoms with Crippen LogP contribution in [-0.4, -0.2) is 24.0 Å². The number of esters is 1. The molecular weight excluding hydrogens is 275 g/mol. The third-order valence-corrected chi connectivity index (χ3v) is 6.07. The smallest absolute Gasteiger partial charge is 0.343 e. The number of hydrogen-bond donors (Lipinski definition) is 1. The van der Waals surface area contributed by atoms with Gasteiger partial charge in [0.25, 0.3) is 0 Å². The molecule has 0 unspecified atom stereocenters. The van der Waals surface area contributed by atoms with E-state index in [2.05, 4.69) is 4.74 Å². The van der Waals surface area contributed by atoms with E-state index >= 15 is 0 Å². The summed E-state index contributed by atoms with van der Waals surface area (Å²) in [5.41, 5.74) is 0. The molecule has 0 saturated carbocycles. The number of ether oxygens (including phenoxy) is 1. The largest absolute Gasteiger partial charge is 0.467 e. The van der Waals surface area contributed by atoms with Crippen molar-refractivity contribution in [1.82, 2.24) is 0 Å². The van der Waals surface area contributed by atoms with E-state index < -0.39 is 19.0 Å². The second kappa shape index (κ2) is 6.04. The van der Waals surface area contributed by atoms with Crippen molar-refractivity contribution >= 4 is 23.7 Å².